The molecule has 3 heterocycles. The zero-order chi connectivity index (χ0) is 9.60. The van der Waals surface area contributed by atoms with Crippen LogP contribution in [0.15, 0.2) is 0 Å². The minimum Gasteiger partial charge on any atom is -0.660 e. The van der Waals surface area contributed by atoms with E-state index < -0.39 is 7.59 Å². The molecule has 3 fully saturated rings. The van der Waals surface area contributed by atoms with E-state index in [2.05, 4.69) is 19.3 Å². The third-order valence-corrected chi connectivity index (χ3v) is 6.78. The smallest absolute Gasteiger partial charge is 0.286 e. The minimum atomic E-state index is -2.28. The Morgan fingerprint density at radius 2 is 1.21 bits per heavy atom. The molecule has 0 unspecified atom stereocenters. The summed E-state index contributed by atoms with van der Waals surface area (Å²) in [5, 5.41) is 4.42. The Morgan fingerprint density at radius 3 is 1.71 bits per heavy atom. The molecule has 0 spiro atoms. The van der Waals surface area contributed by atoms with E-state index in [-0.39, 0.29) is 0 Å². The van der Waals surface area contributed by atoms with Gasteiger partial charge in [-0.15, -0.1) is 13.1 Å². The van der Waals surface area contributed by atoms with E-state index in [1.165, 1.54) is 0 Å². The second-order valence-electron chi connectivity index (χ2n) is 4.05. The van der Waals surface area contributed by atoms with Gasteiger partial charge in [-0.2, -0.15) is 0 Å². The molecule has 0 bridgehead atoms. The summed E-state index contributed by atoms with van der Waals surface area (Å²) in [5.41, 5.74) is 0. The summed E-state index contributed by atoms with van der Waals surface area (Å²) in [6.07, 6.45) is 0. The van der Waals surface area contributed by atoms with Crippen LogP contribution in [0.5, 0.6) is 0 Å². The first-order valence-electron chi connectivity index (χ1n) is 5.31. The van der Waals surface area contributed by atoms with Crippen molar-refractivity contribution in [3.63, 3.8) is 0 Å². The first-order chi connectivity index (χ1) is 6.82. The van der Waals surface area contributed by atoms with Gasteiger partial charge in [-0.1, -0.05) is 0 Å². The molecule has 3 saturated heterocycles. The van der Waals surface area contributed by atoms with Crippen LogP contribution in [0.25, 0.3) is 5.32 Å². The first kappa shape index (κ1) is 9.31. The molecule has 0 radical (unpaired) electrons. The fraction of sp³-hybridized carbons (Fsp3) is 1.00. The largest absolute Gasteiger partial charge is 0.660 e. The lowest BCUT2D eigenvalue weighted by atomic mass is 10.4. The number of hydrogen-bond acceptors (Lipinski definition) is 1. The molecule has 0 amide bonds. The predicted molar refractivity (Wildman–Crippen MR) is 55.4 cm³/mol. The van der Waals surface area contributed by atoms with Crippen molar-refractivity contribution in [3.05, 3.63) is 5.32 Å². The number of rotatable bonds is 0. The molecule has 6 heteroatoms. The van der Waals surface area contributed by atoms with Gasteiger partial charge in [-0.05, 0) is 13.1 Å². The summed E-state index contributed by atoms with van der Waals surface area (Å²) in [5.74, 6) is 0. The van der Waals surface area contributed by atoms with Gasteiger partial charge in [0.1, 0.15) is 0 Å². The van der Waals surface area contributed by atoms with E-state index in [0.29, 0.717) is 0 Å². The summed E-state index contributed by atoms with van der Waals surface area (Å²) < 4.78 is 19.3. The lowest BCUT2D eigenvalue weighted by molar-refractivity contribution is 0.371. The van der Waals surface area contributed by atoms with Crippen molar-refractivity contribution in [2.45, 2.75) is 0 Å². The molecule has 3 aliphatic rings. The van der Waals surface area contributed by atoms with Crippen LogP contribution >= 0.6 is 7.59 Å². The number of nitrogens with zero attached hydrogens (tertiary/aromatic N) is 4. The molecule has 0 aromatic rings. The van der Waals surface area contributed by atoms with Gasteiger partial charge >= 0.3 is 0 Å². The fourth-order valence-electron chi connectivity index (χ4n) is 2.60. The van der Waals surface area contributed by atoms with Gasteiger partial charge in [0.25, 0.3) is 7.59 Å². The second-order valence-corrected chi connectivity index (χ2v) is 6.77. The summed E-state index contributed by atoms with van der Waals surface area (Å²) in [4.78, 5) is 0. The van der Waals surface area contributed by atoms with Crippen molar-refractivity contribution in [1.29, 1.82) is 0 Å². The molecule has 0 atom stereocenters. The molecule has 3 rings (SSSR count). The van der Waals surface area contributed by atoms with Gasteiger partial charge in [0.05, 0.1) is 0 Å². The quantitative estimate of drug-likeness (QED) is 0.549. The Kier molecular flexibility index (Phi) is 2.18. The van der Waals surface area contributed by atoms with Crippen molar-refractivity contribution in [2.24, 2.45) is 0 Å². The van der Waals surface area contributed by atoms with E-state index in [1.807, 2.05) is 0 Å². The predicted octanol–water partition coefficient (Wildman–Crippen LogP) is 0.415. The van der Waals surface area contributed by atoms with Crippen molar-refractivity contribution in [3.8, 4) is 0 Å². The molecular weight excluding hydrogens is 199 g/mol. The highest BCUT2D eigenvalue weighted by Gasteiger charge is 2.50. The van der Waals surface area contributed by atoms with Crippen molar-refractivity contribution < 1.29 is 4.57 Å². The maximum absolute atomic E-state index is 12.8. The second kappa shape index (κ2) is 3.29. The maximum atomic E-state index is 12.8. The molecule has 0 aromatic heterocycles. The third-order valence-electron chi connectivity index (χ3n) is 3.37. The summed E-state index contributed by atoms with van der Waals surface area (Å²) in [7, 11) is -2.28. The van der Waals surface area contributed by atoms with Gasteiger partial charge in [-0.25, -0.2) is 14.0 Å². The fourth-order valence-corrected chi connectivity index (χ4v) is 5.77. The van der Waals surface area contributed by atoms with Crippen LogP contribution in [-0.2, 0) is 4.57 Å². The Bertz CT molecular complexity index is 263. The summed E-state index contributed by atoms with van der Waals surface area (Å²) >= 11 is 0. The average molecular weight is 215 g/mol. The van der Waals surface area contributed by atoms with E-state index in [1.54, 1.807) is 0 Å². The molecule has 0 aliphatic carbocycles. The van der Waals surface area contributed by atoms with Crippen LogP contribution in [0, 0.1) is 0 Å². The Labute approximate surface area is 84.6 Å². The minimum absolute atomic E-state index is 0.853. The standard InChI is InChI=1S/C8H16N4OP/c13-14-10-3-1-9-2-4-11(14)6-8-12(14)7-5-10/h1-8H2/q-1. The van der Waals surface area contributed by atoms with Gasteiger partial charge in [0.2, 0.25) is 0 Å². The third kappa shape index (κ3) is 1.14. The molecular formula is C8H16N4OP-. The Morgan fingerprint density at radius 1 is 0.786 bits per heavy atom. The number of hydrogen-bond donors (Lipinski definition) is 0. The Hall–Kier alpha value is 0.0700. The average Bonchev–Trinajstić information content (AvgIpc) is 2.57. The van der Waals surface area contributed by atoms with Gasteiger partial charge in [-0.3, -0.25) is 4.57 Å². The lowest BCUT2D eigenvalue weighted by Gasteiger charge is -2.37. The zero-order valence-corrected chi connectivity index (χ0v) is 9.20. The van der Waals surface area contributed by atoms with Crippen LogP contribution in [0.2, 0.25) is 0 Å². The van der Waals surface area contributed by atoms with Gasteiger partial charge in [0.15, 0.2) is 0 Å². The van der Waals surface area contributed by atoms with Crippen LogP contribution in [0.4, 0.5) is 0 Å². The van der Waals surface area contributed by atoms with Crippen LogP contribution in [0.3, 0.4) is 0 Å². The van der Waals surface area contributed by atoms with Crippen molar-refractivity contribution in [2.75, 3.05) is 52.4 Å². The normalized spacial score (nSPS) is 34.0. The highest BCUT2D eigenvalue weighted by molar-refractivity contribution is 7.57. The van der Waals surface area contributed by atoms with E-state index in [4.69, 9.17) is 0 Å². The van der Waals surface area contributed by atoms with Gasteiger partial charge in [0, 0.05) is 26.2 Å². The molecule has 3 aliphatic heterocycles. The zero-order valence-electron chi connectivity index (χ0n) is 8.30. The molecule has 0 N–H and O–H groups in total. The SMILES string of the molecule is O=P12N3CC[N-]CCN1CCN2CC3. The Balaban J connectivity index is 1.94. The highest BCUT2D eigenvalue weighted by Crippen LogP contribution is 2.62. The first-order valence-corrected chi connectivity index (χ1v) is 6.88. The van der Waals surface area contributed by atoms with Crippen LogP contribution < -0.4 is 0 Å². The van der Waals surface area contributed by atoms with Crippen LogP contribution in [-0.4, -0.2) is 66.4 Å². The maximum Gasteiger partial charge on any atom is 0.286 e. The highest BCUT2D eigenvalue weighted by atomic mass is 31.2. The summed E-state index contributed by atoms with van der Waals surface area (Å²) in [6, 6.07) is 0. The van der Waals surface area contributed by atoms with Crippen molar-refractivity contribution >= 4 is 7.59 Å². The molecule has 14 heavy (non-hydrogen) atoms. The van der Waals surface area contributed by atoms with Gasteiger partial charge < -0.3 is 5.32 Å². The molecule has 0 saturated carbocycles. The van der Waals surface area contributed by atoms with E-state index in [9.17, 15) is 4.57 Å². The van der Waals surface area contributed by atoms with E-state index >= 15 is 0 Å². The molecule has 80 valence electrons. The topological polar surface area (TPSA) is 40.9 Å². The molecule has 5 nitrogen and oxygen atoms in total. The lowest BCUT2D eigenvalue weighted by Crippen LogP contribution is -2.33. The molecule has 0 aromatic carbocycles. The van der Waals surface area contributed by atoms with E-state index in [0.717, 1.165) is 52.4 Å². The monoisotopic (exact) mass is 215 g/mol. The van der Waals surface area contributed by atoms with Crippen LogP contribution in [0.1, 0.15) is 0 Å². The summed E-state index contributed by atoms with van der Waals surface area (Å²) in [6.45, 7) is 7.35. The van der Waals surface area contributed by atoms with Crippen molar-refractivity contribution in [1.82, 2.24) is 14.0 Å².